The quantitative estimate of drug-likeness (QED) is 0.869. The molecule has 0 aliphatic carbocycles. The minimum Gasteiger partial charge on any atom is -0.496 e. The molecule has 130 valence electrons. The summed E-state index contributed by atoms with van der Waals surface area (Å²) in [4.78, 5) is 2.51. The van der Waals surface area contributed by atoms with Gasteiger partial charge in [0.05, 0.1) is 13.2 Å². The van der Waals surface area contributed by atoms with Crippen molar-refractivity contribution in [2.45, 2.75) is 38.5 Å². The van der Waals surface area contributed by atoms with Crippen LogP contribution in [0.15, 0.2) is 48.2 Å². The summed E-state index contributed by atoms with van der Waals surface area (Å²) < 4.78 is 11.3. The largest absolute Gasteiger partial charge is 0.496 e. The van der Waals surface area contributed by atoms with Crippen molar-refractivity contribution in [3.8, 4) is 5.75 Å². The number of para-hydroxylation sites is 1. The molecule has 0 bridgehead atoms. The van der Waals surface area contributed by atoms with Crippen LogP contribution in [-0.4, -0.2) is 44.0 Å². The van der Waals surface area contributed by atoms with E-state index in [2.05, 4.69) is 60.6 Å². The first-order chi connectivity index (χ1) is 11.7. The number of hydrogen-bond acceptors (Lipinski definition) is 4. The third-order valence-corrected chi connectivity index (χ3v) is 4.59. The lowest BCUT2D eigenvalue weighted by Gasteiger charge is -2.23. The van der Waals surface area contributed by atoms with Crippen LogP contribution in [-0.2, 0) is 4.74 Å². The Bertz CT molecular complexity index is 609. The minimum absolute atomic E-state index is 0.00587. The number of likely N-dealkylation sites (tertiary alicyclic amines) is 1. The van der Waals surface area contributed by atoms with E-state index in [9.17, 15) is 0 Å². The predicted molar refractivity (Wildman–Crippen MR) is 97.2 cm³/mol. The smallest absolute Gasteiger partial charge is 0.147 e. The van der Waals surface area contributed by atoms with Gasteiger partial charge >= 0.3 is 0 Å². The van der Waals surface area contributed by atoms with Crippen molar-refractivity contribution in [2.24, 2.45) is 0 Å². The summed E-state index contributed by atoms with van der Waals surface area (Å²) in [5, 5.41) is 3.32. The van der Waals surface area contributed by atoms with Gasteiger partial charge in [0.25, 0.3) is 0 Å². The molecule has 2 aliphatic rings. The molecule has 2 heterocycles. The van der Waals surface area contributed by atoms with Gasteiger partial charge in [-0.1, -0.05) is 24.3 Å². The van der Waals surface area contributed by atoms with E-state index in [1.165, 1.54) is 17.6 Å². The molecule has 1 aromatic carbocycles. The summed E-state index contributed by atoms with van der Waals surface area (Å²) in [5.41, 5.74) is 2.64. The van der Waals surface area contributed by atoms with Crippen molar-refractivity contribution < 1.29 is 9.47 Å². The standard InChI is InChI=1S/C20H28N2O2/c1-15(2)24-20-9-8-16(12-21-20)13-22-11-10-17(14-22)18-6-4-5-7-19(18)23-3/h4-9,12,15,17,20-21H,10-11,13-14H2,1-3H3. The van der Waals surface area contributed by atoms with Crippen molar-refractivity contribution in [3.05, 3.63) is 53.8 Å². The molecule has 0 amide bonds. The molecule has 0 radical (unpaired) electrons. The van der Waals surface area contributed by atoms with Gasteiger partial charge in [0.2, 0.25) is 0 Å². The number of benzene rings is 1. The molecule has 2 aliphatic heterocycles. The van der Waals surface area contributed by atoms with Crippen LogP contribution in [0.3, 0.4) is 0 Å². The maximum absolute atomic E-state index is 5.74. The molecule has 2 unspecified atom stereocenters. The highest BCUT2D eigenvalue weighted by atomic mass is 16.5. The maximum Gasteiger partial charge on any atom is 0.147 e. The fourth-order valence-corrected chi connectivity index (χ4v) is 3.47. The van der Waals surface area contributed by atoms with Crippen LogP contribution in [0.1, 0.15) is 31.7 Å². The first-order valence-electron chi connectivity index (χ1n) is 8.79. The third kappa shape index (κ3) is 4.19. The lowest BCUT2D eigenvalue weighted by molar-refractivity contribution is 0.0233. The van der Waals surface area contributed by atoms with E-state index in [1.807, 2.05) is 6.07 Å². The second kappa shape index (κ2) is 7.86. The minimum atomic E-state index is -0.00587. The molecule has 3 rings (SSSR count). The van der Waals surface area contributed by atoms with E-state index < -0.39 is 0 Å². The highest BCUT2D eigenvalue weighted by molar-refractivity contribution is 5.37. The van der Waals surface area contributed by atoms with Gasteiger partial charge in [0.15, 0.2) is 0 Å². The van der Waals surface area contributed by atoms with Crippen molar-refractivity contribution in [3.63, 3.8) is 0 Å². The van der Waals surface area contributed by atoms with Crippen molar-refractivity contribution >= 4 is 0 Å². The van der Waals surface area contributed by atoms with Gasteiger partial charge in [-0.2, -0.15) is 0 Å². The Morgan fingerprint density at radius 3 is 2.83 bits per heavy atom. The Morgan fingerprint density at radius 1 is 1.29 bits per heavy atom. The molecule has 24 heavy (non-hydrogen) atoms. The van der Waals surface area contributed by atoms with Crippen LogP contribution < -0.4 is 10.1 Å². The second-order valence-electron chi connectivity index (χ2n) is 6.81. The first-order valence-corrected chi connectivity index (χ1v) is 8.79. The van der Waals surface area contributed by atoms with Gasteiger partial charge < -0.3 is 14.8 Å². The van der Waals surface area contributed by atoms with Crippen LogP contribution in [0.4, 0.5) is 0 Å². The first kappa shape index (κ1) is 17.1. The average Bonchev–Trinajstić information content (AvgIpc) is 3.04. The lowest BCUT2D eigenvalue weighted by Crippen LogP contribution is -2.32. The summed E-state index contributed by atoms with van der Waals surface area (Å²) >= 11 is 0. The van der Waals surface area contributed by atoms with Crippen LogP contribution >= 0.6 is 0 Å². The summed E-state index contributed by atoms with van der Waals surface area (Å²) in [5.74, 6) is 1.57. The fourth-order valence-electron chi connectivity index (χ4n) is 3.47. The molecule has 1 aromatic rings. The van der Waals surface area contributed by atoms with E-state index in [-0.39, 0.29) is 12.3 Å². The van der Waals surface area contributed by atoms with E-state index in [0.717, 1.165) is 25.4 Å². The van der Waals surface area contributed by atoms with Gasteiger partial charge in [-0.15, -0.1) is 0 Å². The average molecular weight is 328 g/mol. The van der Waals surface area contributed by atoms with Crippen molar-refractivity contribution in [2.75, 3.05) is 26.7 Å². The molecule has 1 fully saturated rings. The number of rotatable bonds is 6. The number of nitrogens with one attached hydrogen (secondary N) is 1. The van der Waals surface area contributed by atoms with Crippen LogP contribution in [0.2, 0.25) is 0 Å². The zero-order valence-corrected chi connectivity index (χ0v) is 14.9. The summed E-state index contributed by atoms with van der Waals surface area (Å²) in [6, 6.07) is 8.39. The zero-order valence-electron chi connectivity index (χ0n) is 14.9. The molecule has 1 saturated heterocycles. The Morgan fingerprint density at radius 2 is 2.12 bits per heavy atom. The molecule has 0 aromatic heterocycles. The number of dihydropyridines is 1. The van der Waals surface area contributed by atoms with Crippen LogP contribution in [0, 0.1) is 0 Å². The molecular formula is C20H28N2O2. The number of ether oxygens (including phenoxy) is 2. The number of nitrogens with zero attached hydrogens (tertiary/aromatic N) is 1. The zero-order chi connectivity index (χ0) is 16.9. The van der Waals surface area contributed by atoms with E-state index >= 15 is 0 Å². The highest BCUT2D eigenvalue weighted by Gasteiger charge is 2.26. The lowest BCUT2D eigenvalue weighted by atomic mass is 9.97. The summed E-state index contributed by atoms with van der Waals surface area (Å²) in [6.07, 6.45) is 7.77. The monoisotopic (exact) mass is 328 g/mol. The van der Waals surface area contributed by atoms with Crippen molar-refractivity contribution in [1.82, 2.24) is 10.2 Å². The molecule has 1 N–H and O–H groups in total. The SMILES string of the molecule is COc1ccccc1C1CCN(CC2=CNC(OC(C)C)C=C2)C1. The van der Waals surface area contributed by atoms with E-state index in [1.54, 1.807) is 7.11 Å². The maximum atomic E-state index is 5.74. The molecule has 4 nitrogen and oxygen atoms in total. The van der Waals surface area contributed by atoms with Gasteiger partial charge in [-0.25, -0.2) is 0 Å². The van der Waals surface area contributed by atoms with Gasteiger partial charge in [-0.3, -0.25) is 4.90 Å². The Labute approximate surface area is 145 Å². The topological polar surface area (TPSA) is 33.7 Å². The van der Waals surface area contributed by atoms with Crippen LogP contribution in [0.25, 0.3) is 0 Å². The van der Waals surface area contributed by atoms with Gasteiger partial charge in [0, 0.05) is 25.2 Å². The van der Waals surface area contributed by atoms with Gasteiger partial charge in [0.1, 0.15) is 12.0 Å². The highest BCUT2D eigenvalue weighted by Crippen LogP contribution is 2.33. The number of methoxy groups -OCH3 is 1. The van der Waals surface area contributed by atoms with E-state index in [0.29, 0.717) is 5.92 Å². The molecular weight excluding hydrogens is 300 g/mol. The summed E-state index contributed by atoms with van der Waals surface area (Å²) in [6.45, 7) is 7.29. The Hall–Kier alpha value is -1.78. The fraction of sp³-hybridized carbons (Fsp3) is 0.500. The normalized spacial score (nSPS) is 24.1. The van der Waals surface area contributed by atoms with Crippen LogP contribution in [0.5, 0.6) is 5.75 Å². The third-order valence-electron chi connectivity index (χ3n) is 4.59. The molecule has 2 atom stereocenters. The Balaban J connectivity index is 1.54. The molecule has 0 saturated carbocycles. The summed E-state index contributed by atoms with van der Waals surface area (Å²) in [7, 11) is 1.75. The molecule has 0 spiro atoms. The second-order valence-corrected chi connectivity index (χ2v) is 6.81. The molecule has 4 heteroatoms. The Kier molecular flexibility index (Phi) is 5.59. The van der Waals surface area contributed by atoms with Gasteiger partial charge in [-0.05, 0) is 50.1 Å². The van der Waals surface area contributed by atoms with Crippen molar-refractivity contribution in [1.29, 1.82) is 0 Å². The number of hydrogen-bond donors (Lipinski definition) is 1. The van der Waals surface area contributed by atoms with E-state index in [4.69, 9.17) is 9.47 Å². The predicted octanol–water partition coefficient (Wildman–Crippen LogP) is 3.28.